The van der Waals surface area contributed by atoms with Crippen molar-refractivity contribution >= 4 is 35.1 Å². The highest BCUT2D eigenvalue weighted by Crippen LogP contribution is 2.69. The van der Waals surface area contributed by atoms with Crippen LogP contribution in [-0.2, 0) is 28.7 Å². The van der Waals surface area contributed by atoms with Gasteiger partial charge in [-0.3, -0.25) is 19.2 Å². The quantitative estimate of drug-likeness (QED) is 0.417. The van der Waals surface area contributed by atoms with Crippen LogP contribution in [0.4, 0.5) is 0 Å². The molecule has 3 saturated carbocycles. The zero-order valence-corrected chi connectivity index (χ0v) is 22.5. The van der Waals surface area contributed by atoms with Crippen LogP contribution < -0.4 is 0 Å². The van der Waals surface area contributed by atoms with Gasteiger partial charge in [0.05, 0.1) is 6.10 Å². The van der Waals surface area contributed by atoms with Gasteiger partial charge in [-0.15, -0.1) is 11.6 Å². The predicted octanol–water partition coefficient (Wildman–Crippen LogP) is 3.94. The van der Waals surface area contributed by atoms with E-state index in [-0.39, 0.29) is 54.1 Å². The van der Waals surface area contributed by atoms with E-state index in [2.05, 4.69) is 0 Å². The Morgan fingerprint density at radius 1 is 1.17 bits per heavy atom. The van der Waals surface area contributed by atoms with Gasteiger partial charge in [0.1, 0.15) is 0 Å². The molecule has 0 bridgehead atoms. The Morgan fingerprint density at radius 3 is 2.47 bits per heavy atom. The molecule has 198 valence electrons. The van der Waals surface area contributed by atoms with Crippen LogP contribution >= 0.6 is 11.6 Å². The summed E-state index contributed by atoms with van der Waals surface area (Å²) in [5.41, 5.74) is -2.06. The van der Waals surface area contributed by atoms with Crippen molar-refractivity contribution in [1.82, 2.24) is 0 Å². The van der Waals surface area contributed by atoms with Gasteiger partial charge < -0.3 is 14.6 Å². The van der Waals surface area contributed by atoms with Crippen LogP contribution in [0, 0.1) is 34.5 Å². The van der Waals surface area contributed by atoms with Gasteiger partial charge >= 0.3 is 11.9 Å². The summed E-state index contributed by atoms with van der Waals surface area (Å²) in [5.74, 6) is -2.44. The molecular weight excluding hydrogens is 484 g/mol. The van der Waals surface area contributed by atoms with Crippen LogP contribution in [0.3, 0.4) is 0 Å². The number of carbonyl (C=O) groups is 4. The lowest BCUT2D eigenvalue weighted by molar-refractivity contribution is -0.205. The first-order valence-electron chi connectivity index (χ1n) is 13.0. The summed E-state index contributed by atoms with van der Waals surface area (Å²) in [6.45, 7) is 8.69. The number of halogens is 1. The number of hydrogen-bond donors (Lipinski definition) is 1. The minimum Gasteiger partial charge on any atom is -0.457 e. The molecule has 3 fully saturated rings. The summed E-state index contributed by atoms with van der Waals surface area (Å²) in [6, 6.07) is 0. The highest BCUT2D eigenvalue weighted by molar-refractivity contribution is 6.21. The molecule has 0 unspecified atom stereocenters. The molecule has 0 amide bonds. The molecule has 36 heavy (non-hydrogen) atoms. The van der Waals surface area contributed by atoms with Crippen molar-refractivity contribution in [1.29, 1.82) is 0 Å². The van der Waals surface area contributed by atoms with E-state index in [1.807, 2.05) is 26.8 Å². The highest BCUT2D eigenvalue weighted by Gasteiger charge is 2.73. The van der Waals surface area contributed by atoms with Gasteiger partial charge in [-0.2, -0.15) is 0 Å². The van der Waals surface area contributed by atoms with Crippen LogP contribution in [0.1, 0.15) is 66.7 Å². The van der Waals surface area contributed by atoms with Crippen molar-refractivity contribution in [2.45, 2.75) is 83.8 Å². The van der Waals surface area contributed by atoms with Gasteiger partial charge in [0.15, 0.2) is 18.0 Å². The Labute approximate surface area is 217 Å². The number of alkyl halides is 1. The first kappa shape index (κ1) is 27.1. The highest BCUT2D eigenvalue weighted by atomic mass is 35.5. The lowest BCUT2D eigenvalue weighted by Crippen LogP contribution is -2.65. The normalized spacial score (nSPS) is 43.1. The topological polar surface area (TPSA) is 107 Å². The number of fused-ring (bicyclic) bond motifs is 5. The molecule has 0 aliphatic heterocycles. The van der Waals surface area contributed by atoms with Gasteiger partial charge in [0, 0.05) is 40.9 Å². The second-order valence-electron chi connectivity index (χ2n) is 11.4. The van der Waals surface area contributed by atoms with Crippen LogP contribution in [0.2, 0.25) is 0 Å². The van der Waals surface area contributed by atoms with Crippen LogP contribution in [0.15, 0.2) is 23.8 Å². The lowest BCUT2D eigenvalue weighted by Gasteiger charge is -2.61. The number of Topliss-reactive ketones (excluding diaryl/α,β-unsaturated/α-hetero) is 1. The number of aliphatic hydroxyl groups is 1. The number of hydrogen-bond acceptors (Lipinski definition) is 7. The Morgan fingerprint density at radius 2 is 1.83 bits per heavy atom. The first-order chi connectivity index (χ1) is 16.9. The Balaban J connectivity index is 1.79. The van der Waals surface area contributed by atoms with E-state index in [1.54, 1.807) is 26.0 Å². The summed E-state index contributed by atoms with van der Waals surface area (Å²) in [4.78, 5) is 50.5. The molecule has 0 aromatic heterocycles. The zero-order chi connectivity index (χ0) is 26.6. The van der Waals surface area contributed by atoms with E-state index in [9.17, 15) is 24.3 Å². The molecular formula is C28H37ClO7. The van der Waals surface area contributed by atoms with E-state index >= 15 is 0 Å². The third-order valence-corrected chi connectivity index (χ3v) is 10.1. The fourth-order valence-electron chi connectivity index (χ4n) is 8.04. The molecule has 0 aromatic rings. The predicted molar refractivity (Wildman–Crippen MR) is 133 cm³/mol. The number of carbonyl (C=O) groups excluding carboxylic acids is 4. The Kier molecular flexibility index (Phi) is 7.06. The lowest BCUT2D eigenvalue weighted by atomic mass is 9.46. The van der Waals surface area contributed by atoms with Crippen molar-refractivity contribution < 1.29 is 33.8 Å². The van der Waals surface area contributed by atoms with Gasteiger partial charge in [0.25, 0.3) is 0 Å². The number of esters is 2. The standard InChI is InChI=1S/C28H37ClO7/c1-6-22(33)35-14-21(32)28(36-23(34)7-2)15(3)10-18-24-19(29)12-16-11-17(30)8-9-26(16,4)25(24)20(31)13-27(18,28)5/h8-9,11,15,18-20,24-25,31H,6-7,10,12-14H2,1-5H3/t15-,18-,19-,20+,24+,25+,26+,27+,28+/m1/s1. The molecule has 8 heteroatoms. The van der Waals surface area contributed by atoms with Crippen molar-refractivity contribution in [3.05, 3.63) is 23.8 Å². The minimum absolute atomic E-state index is 0.0767. The fourth-order valence-corrected chi connectivity index (χ4v) is 8.54. The molecule has 7 nitrogen and oxygen atoms in total. The molecule has 4 aliphatic rings. The third-order valence-electron chi connectivity index (χ3n) is 9.65. The molecule has 0 saturated heterocycles. The molecule has 4 aliphatic carbocycles. The molecule has 0 radical (unpaired) electrons. The number of ketones is 2. The monoisotopic (exact) mass is 520 g/mol. The number of allylic oxidation sites excluding steroid dienone is 4. The van der Waals surface area contributed by atoms with E-state index < -0.39 is 46.9 Å². The Bertz CT molecular complexity index is 1030. The number of rotatable bonds is 6. The maximum atomic E-state index is 13.9. The molecule has 4 rings (SSSR count). The van der Waals surface area contributed by atoms with E-state index in [0.29, 0.717) is 12.8 Å². The molecule has 0 aromatic carbocycles. The van der Waals surface area contributed by atoms with Crippen LogP contribution in [0.5, 0.6) is 0 Å². The number of ether oxygens (including phenoxy) is 2. The third kappa shape index (κ3) is 3.80. The summed E-state index contributed by atoms with van der Waals surface area (Å²) in [6.07, 6.45) is 5.79. The summed E-state index contributed by atoms with van der Waals surface area (Å²) in [5, 5.41) is 11.4. The fraction of sp³-hybridized carbons (Fsp3) is 0.714. The summed E-state index contributed by atoms with van der Waals surface area (Å²) < 4.78 is 11.3. The molecule has 1 N–H and O–H groups in total. The van der Waals surface area contributed by atoms with Crippen LogP contribution in [-0.4, -0.2) is 52.3 Å². The largest absolute Gasteiger partial charge is 0.457 e. The van der Waals surface area contributed by atoms with Crippen molar-refractivity contribution in [2.24, 2.45) is 34.5 Å². The maximum Gasteiger partial charge on any atom is 0.306 e. The van der Waals surface area contributed by atoms with Crippen molar-refractivity contribution in [3.8, 4) is 0 Å². The number of aliphatic hydroxyl groups excluding tert-OH is 1. The summed E-state index contributed by atoms with van der Waals surface area (Å²) in [7, 11) is 0. The SMILES string of the molecule is CCC(=O)OCC(=O)[C@@]1(OC(=O)CC)[C@H](C)C[C@@H]2[C@@H]3[C@H]([C@@H](O)C[C@@]21C)[C@@]1(C)C=CC(=O)C=C1C[C@H]3Cl. The average molecular weight is 521 g/mol. The van der Waals surface area contributed by atoms with Crippen molar-refractivity contribution in [3.63, 3.8) is 0 Å². The molecule has 0 spiro atoms. The second kappa shape index (κ2) is 9.39. The Hall–Kier alpha value is -1.99. The molecule has 0 heterocycles. The van der Waals surface area contributed by atoms with Crippen LogP contribution in [0.25, 0.3) is 0 Å². The van der Waals surface area contributed by atoms with Gasteiger partial charge in [-0.1, -0.05) is 46.3 Å². The van der Waals surface area contributed by atoms with Gasteiger partial charge in [-0.05, 0) is 43.3 Å². The maximum absolute atomic E-state index is 13.9. The smallest absolute Gasteiger partial charge is 0.306 e. The summed E-state index contributed by atoms with van der Waals surface area (Å²) >= 11 is 7.04. The van der Waals surface area contributed by atoms with Crippen molar-refractivity contribution in [2.75, 3.05) is 6.61 Å². The zero-order valence-electron chi connectivity index (χ0n) is 21.7. The van der Waals surface area contributed by atoms with E-state index in [1.165, 1.54) is 0 Å². The van der Waals surface area contributed by atoms with E-state index in [0.717, 1.165) is 5.57 Å². The molecule has 9 atom stereocenters. The first-order valence-corrected chi connectivity index (χ1v) is 13.5. The van der Waals surface area contributed by atoms with E-state index in [4.69, 9.17) is 21.1 Å². The van der Waals surface area contributed by atoms with Gasteiger partial charge in [-0.25, -0.2) is 0 Å². The minimum atomic E-state index is -1.54. The average Bonchev–Trinajstić information content (AvgIpc) is 3.04. The second-order valence-corrected chi connectivity index (χ2v) is 12.0. The van der Waals surface area contributed by atoms with Gasteiger partial charge in [0.2, 0.25) is 5.78 Å².